The number of aryl methyl sites for hydroxylation is 1. The summed E-state index contributed by atoms with van der Waals surface area (Å²) in [4.78, 5) is 27.3. The van der Waals surface area contributed by atoms with Crippen molar-refractivity contribution in [2.24, 2.45) is 5.92 Å². The van der Waals surface area contributed by atoms with E-state index in [-0.39, 0.29) is 11.8 Å². The molecule has 3 N–H and O–H groups in total. The van der Waals surface area contributed by atoms with Gasteiger partial charge in [-0.25, -0.2) is 4.79 Å². The lowest BCUT2D eigenvalue weighted by atomic mass is 9.95. The van der Waals surface area contributed by atoms with Gasteiger partial charge in [0, 0.05) is 16.6 Å². The molecule has 1 aliphatic rings. The molecular weight excluding hydrogens is 268 g/mol. The minimum Gasteiger partial charge on any atom is -0.480 e. The van der Waals surface area contributed by atoms with Crippen molar-refractivity contribution >= 4 is 22.8 Å². The molecule has 1 aromatic carbocycles. The summed E-state index contributed by atoms with van der Waals surface area (Å²) in [5.74, 6) is -1.29. The van der Waals surface area contributed by atoms with Crippen LogP contribution in [0.3, 0.4) is 0 Å². The largest absolute Gasteiger partial charge is 0.480 e. The van der Waals surface area contributed by atoms with E-state index < -0.39 is 11.5 Å². The molecule has 0 radical (unpaired) electrons. The van der Waals surface area contributed by atoms with Crippen molar-refractivity contribution in [1.29, 1.82) is 0 Å². The molecule has 2 aromatic rings. The standard InChI is InChI=1S/C16H18N2O3/c1-9-13(11-5-3-4-6-12(11)17-9)14(19)18-16(2,15(20)21)10-7-8-10/h3-6,10,17H,7-8H2,1-2H3,(H,18,19)(H,20,21). The van der Waals surface area contributed by atoms with Crippen LogP contribution in [-0.2, 0) is 4.79 Å². The number of H-pyrrole nitrogens is 1. The first-order chi connectivity index (χ1) is 9.93. The first kappa shape index (κ1) is 13.7. The minimum atomic E-state index is -1.19. The molecule has 5 nitrogen and oxygen atoms in total. The number of carbonyl (C=O) groups is 2. The number of carbonyl (C=O) groups excluding carboxylic acids is 1. The lowest BCUT2D eigenvalue weighted by Crippen LogP contribution is -2.54. The number of nitrogens with one attached hydrogen (secondary N) is 2. The summed E-state index contributed by atoms with van der Waals surface area (Å²) in [5, 5.41) is 13.0. The van der Waals surface area contributed by atoms with E-state index >= 15 is 0 Å². The molecule has 1 saturated carbocycles. The Bertz CT molecular complexity index is 730. The fraction of sp³-hybridized carbons (Fsp3) is 0.375. The van der Waals surface area contributed by atoms with Crippen molar-refractivity contribution in [3.63, 3.8) is 0 Å². The Balaban J connectivity index is 1.97. The second-order valence-corrected chi connectivity index (χ2v) is 5.91. The number of carboxylic acid groups (broad SMARTS) is 1. The second-order valence-electron chi connectivity index (χ2n) is 5.91. The Labute approximate surface area is 122 Å². The molecular formula is C16H18N2O3. The quantitative estimate of drug-likeness (QED) is 0.807. The molecule has 110 valence electrons. The van der Waals surface area contributed by atoms with Gasteiger partial charge in [0.1, 0.15) is 5.54 Å². The van der Waals surface area contributed by atoms with Gasteiger partial charge in [0.25, 0.3) is 5.91 Å². The molecule has 0 bridgehead atoms. The zero-order chi connectivity index (χ0) is 15.2. The van der Waals surface area contributed by atoms with Crippen LogP contribution in [0.1, 0.15) is 35.8 Å². The molecule has 3 rings (SSSR count). The molecule has 21 heavy (non-hydrogen) atoms. The Morgan fingerprint density at radius 3 is 2.62 bits per heavy atom. The Kier molecular flexibility index (Phi) is 3.01. The highest BCUT2D eigenvalue weighted by atomic mass is 16.4. The van der Waals surface area contributed by atoms with Crippen LogP contribution >= 0.6 is 0 Å². The average Bonchev–Trinajstić information content (AvgIpc) is 3.21. The van der Waals surface area contributed by atoms with E-state index in [9.17, 15) is 14.7 Å². The van der Waals surface area contributed by atoms with Crippen LogP contribution in [0.2, 0.25) is 0 Å². The maximum absolute atomic E-state index is 12.6. The predicted octanol–water partition coefficient (Wildman–Crippen LogP) is 2.46. The third-order valence-corrected chi connectivity index (χ3v) is 4.33. The van der Waals surface area contributed by atoms with Crippen LogP contribution in [0.4, 0.5) is 0 Å². The Hall–Kier alpha value is -2.30. The molecule has 1 fully saturated rings. The number of hydrogen-bond donors (Lipinski definition) is 3. The lowest BCUT2D eigenvalue weighted by Gasteiger charge is -2.26. The molecule has 1 atom stereocenters. The predicted molar refractivity (Wildman–Crippen MR) is 79.3 cm³/mol. The Morgan fingerprint density at radius 1 is 1.33 bits per heavy atom. The number of aromatic amines is 1. The van der Waals surface area contributed by atoms with Crippen LogP contribution in [0.25, 0.3) is 10.9 Å². The third-order valence-electron chi connectivity index (χ3n) is 4.33. The van der Waals surface area contributed by atoms with E-state index in [0.717, 1.165) is 29.4 Å². The SMILES string of the molecule is Cc1[nH]c2ccccc2c1C(=O)NC(C)(C(=O)O)C1CC1. The van der Waals surface area contributed by atoms with Crippen molar-refractivity contribution in [2.45, 2.75) is 32.2 Å². The van der Waals surface area contributed by atoms with E-state index in [0.29, 0.717) is 5.56 Å². The zero-order valence-electron chi connectivity index (χ0n) is 12.1. The van der Waals surface area contributed by atoms with E-state index in [1.165, 1.54) is 0 Å². The zero-order valence-corrected chi connectivity index (χ0v) is 12.1. The maximum atomic E-state index is 12.6. The van der Waals surface area contributed by atoms with Gasteiger partial charge in [0.05, 0.1) is 5.56 Å². The van der Waals surface area contributed by atoms with Gasteiger partial charge < -0.3 is 15.4 Å². The first-order valence-electron chi connectivity index (χ1n) is 7.06. The number of para-hydroxylation sites is 1. The van der Waals surface area contributed by atoms with Crippen molar-refractivity contribution in [2.75, 3.05) is 0 Å². The van der Waals surface area contributed by atoms with Crippen molar-refractivity contribution in [3.05, 3.63) is 35.5 Å². The first-order valence-corrected chi connectivity index (χ1v) is 7.06. The number of aromatic nitrogens is 1. The van der Waals surface area contributed by atoms with Crippen molar-refractivity contribution in [1.82, 2.24) is 10.3 Å². The van der Waals surface area contributed by atoms with E-state index in [4.69, 9.17) is 0 Å². The molecule has 1 heterocycles. The van der Waals surface area contributed by atoms with Gasteiger partial charge in [-0.2, -0.15) is 0 Å². The molecule has 1 aromatic heterocycles. The van der Waals surface area contributed by atoms with Crippen LogP contribution < -0.4 is 5.32 Å². The molecule has 0 spiro atoms. The van der Waals surface area contributed by atoms with Crippen molar-refractivity contribution < 1.29 is 14.7 Å². The molecule has 5 heteroatoms. The molecule has 0 saturated heterocycles. The van der Waals surface area contributed by atoms with Gasteiger partial charge in [0.15, 0.2) is 0 Å². The van der Waals surface area contributed by atoms with Gasteiger partial charge in [-0.05, 0) is 38.7 Å². The smallest absolute Gasteiger partial charge is 0.329 e. The van der Waals surface area contributed by atoms with E-state index in [1.54, 1.807) is 6.92 Å². The summed E-state index contributed by atoms with van der Waals surface area (Å²) in [6, 6.07) is 7.52. The highest BCUT2D eigenvalue weighted by molar-refractivity contribution is 6.09. The second kappa shape index (κ2) is 4.62. The number of carboxylic acids is 1. The van der Waals surface area contributed by atoms with Crippen LogP contribution in [0.15, 0.2) is 24.3 Å². The molecule has 1 amide bonds. The number of rotatable bonds is 4. The summed E-state index contributed by atoms with van der Waals surface area (Å²) < 4.78 is 0. The molecule has 0 aliphatic heterocycles. The van der Waals surface area contributed by atoms with E-state index in [2.05, 4.69) is 10.3 Å². The normalized spacial score (nSPS) is 17.4. The minimum absolute atomic E-state index is 0.0180. The fourth-order valence-corrected chi connectivity index (χ4v) is 2.86. The summed E-state index contributed by atoms with van der Waals surface area (Å²) in [6.45, 7) is 3.42. The lowest BCUT2D eigenvalue weighted by molar-refractivity contribution is -0.144. The van der Waals surface area contributed by atoms with Crippen molar-refractivity contribution in [3.8, 4) is 0 Å². The summed E-state index contributed by atoms with van der Waals surface area (Å²) >= 11 is 0. The van der Waals surface area contributed by atoms with Gasteiger partial charge in [0.2, 0.25) is 0 Å². The van der Waals surface area contributed by atoms with Crippen LogP contribution in [0, 0.1) is 12.8 Å². The maximum Gasteiger partial charge on any atom is 0.329 e. The van der Waals surface area contributed by atoms with E-state index in [1.807, 2.05) is 31.2 Å². The van der Waals surface area contributed by atoms with Gasteiger partial charge >= 0.3 is 5.97 Å². The van der Waals surface area contributed by atoms with Crippen LogP contribution in [-0.4, -0.2) is 27.5 Å². The number of benzene rings is 1. The van der Waals surface area contributed by atoms with Gasteiger partial charge in [-0.3, -0.25) is 4.79 Å². The average molecular weight is 286 g/mol. The number of hydrogen-bond acceptors (Lipinski definition) is 2. The fourth-order valence-electron chi connectivity index (χ4n) is 2.86. The number of amides is 1. The molecule has 1 unspecified atom stereocenters. The monoisotopic (exact) mass is 286 g/mol. The summed E-state index contributed by atoms with van der Waals surface area (Å²) in [5.41, 5.74) is 0.960. The van der Waals surface area contributed by atoms with Gasteiger partial charge in [-0.15, -0.1) is 0 Å². The number of aliphatic carboxylic acids is 1. The van der Waals surface area contributed by atoms with Gasteiger partial charge in [-0.1, -0.05) is 18.2 Å². The summed E-state index contributed by atoms with van der Waals surface area (Å²) in [7, 11) is 0. The summed E-state index contributed by atoms with van der Waals surface area (Å²) in [6.07, 6.45) is 1.69. The van der Waals surface area contributed by atoms with Crippen LogP contribution in [0.5, 0.6) is 0 Å². The highest BCUT2D eigenvalue weighted by Crippen LogP contribution is 2.40. The number of fused-ring (bicyclic) bond motifs is 1. The molecule has 1 aliphatic carbocycles. The Morgan fingerprint density at radius 2 is 2.00 bits per heavy atom. The topological polar surface area (TPSA) is 82.2 Å². The highest BCUT2D eigenvalue weighted by Gasteiger charge is 2.48. The third kappa shape index (κ3) is 2.18.